The van der Waals surface area contributed by atoms with Crippen molar-refractivity contribution in [3.8, 4) is 0 Å². The van der Waals surface area contributed by atoms with E-state index in [4.69, 9.17) is 21.4 Å². The minimum atomic E-state index is -1.09. The number of ether oxygens (including phenoxy) is 1. The maximum Gasteiger partial charge on any atom is 0.333 e. The molecule has 0 heterocycles. The molecule has 1 aromatic rings. The van der Waals surface area contributed by atoms with Gasteiger partial charge in [0.15, 0.2) is 0 Å². The summed E-state index contributed by atoms with van der Waals surface area (Å²) in [4.78, 5) is 22.4. The number of carbonyl (C=O) groups excluding carboxylic acids is 1. The van der Waals surface area contributed by atoms with E-state index < -0.39 is 17.8 Å². The standard InChI is InChI=1S/C16H16ClFO4/c1-10(2)16(21)22-7-3-4-12(15(19)20)8-11-5-6-14(18)13(17)9-11/h5-6,8-9H,1,3-4,7H2,2H3,(H,19,20). The van der Waals surface area contributed by atoms with E-state index in [0.29, 0.717) is 12.0 Å². The van der Waals surface area contributed by atoms with Crippen molar-refractivity contribution < 1.29 is 23.8 Å². The van der Waals surface area contributed by atoms with Crippen molar-refractivity contribution in [3.63, 3.8) is 0 Å². The Balaban J connectivity index is 2.67. The van der Waals surface area contributed by atoms with E-state index in [0.717, 1.165) is 0 Å². The first-order valence-corrected chi connectivity index (χ1v) is 6.90. The number of carboxylic acid groups (broad SMARTS) is 1. The monoisotopic (exact) mass is 326 g/mol. The predicted molar refractivity (Wildman–Crippen MR) is 82.0 cm³/mol. The Labute approximate surface area is 132 Å². The molecular formula is C16H16ClFO4. The zero-order valence-corrected chi connectivity index (χ0v) is 12.8. The molecule has 6 heteroatoms. The third-order valence-electron chi connectivity index (χ3n) is 2.73. The van der Waals surface area contributed by atoms with Crippen LogP contribution in [0, 0.1) is 5.82 Å². The lowest BCUT2D eigenvalue weighted by Gasteiger charge is -2.05. The Kier molecular flexibility index (Phi) is 6.79. The zero-order valence-electron chi connectivity index (χ0n) is 12.1. The van der Waals surface area contributed by atoms with Crippen LogP contribution in [0.2, 0.25) is 5.02 Å². The van der Waals surface area contributed by atoms with Crippen molar-refractivity contribution in [2.75, 3.05) is 6.61 Å². The molecule has 0 aliphatic carbocycles. The summed E-state index contributed by atoms with van der Waals surface area (Å²) in [7, 11) is 0. The first-order valence-electron chi connectivity index (χ1n) is 6.53. The molecule has 0 radical (unpaired) electrons. The molecule has 1 N–H and O–H groups in total. The number of esters is 1. The fourth-order valence-electron chi connectivity index (χ4n) is 1.59. The predicted octanol–water partition coefficient (Wildman–Crippen LogP) is 3.85. The summed E-state index contributed by atoms with van der Waals surface area (Å²) in [5, 5.41) is 9.08. The second-order valence-corrected chi connectivity index (χ2v) is 5.08. The van der Waals surface area contributed by atoms with E-state index in [-0.39, 0.29) is 29.2 Å². The van der Waals surface area contributed by atoms with Gasteiger partial charge in [-0.05, 0) is 43.5 Å². The van der Waals surface area contributed by atoms with Gasteiger partial charge < -0.3 is 9.84 Å². The summed E-state index contributed by atoms with van der Waals surface area (Å²) in [6.07, 6.45) is 1.97. The largest absolute Gasteiger partial charge is 0.478 e. The minimum Gasteiger partial charge on any atom is -0.478 e. The number of rotatable bonds is 7. The lowest BCUT2D eigenvalue weighted by Crippen LogP contribution is -2.08. The second kappa shape index (κ2) is 8.34. The van der Waals surface area contributed by atoms with Crippen LogP contribution in [0.3, 0.4) is 0 Å². The lowest BCUT2D eigenvalue weighted by molar-refractivity contribution is -0.139. The van der Waals surface area contributed by atoms with Crippen LogP contribution in [-0.4, -0.2) is 23.7 Å². The normalized spacial score (nSPS) is 11.1. The van der Waals surface area contributed by atoms with Gasteiger partial charge in [-0.3, -0.25) is 0 Å². The summed E-state index contributed by atoms with van der Waals surface area (Å²) >= 11 is 5.65. The van der Waals surface area contributed by atoms with Crippen molar-refractivity contribution in [1.82, 2.24) is 0 Å². The van der Waals surface area contributed by atoms with Gasteiger partial charge in [-0.2, -0.15) is 0 Å². The highest BCUT2D eigenvalue weighted by molar-refractivity contribution is 6.30. The molecule has 0 aromatic heterocycles. The summed E-state index contributed by atoms with van der Waals surface area (Å²) < 4.78 is 17.9. The smallest absolute Gasteiger partial charge is 0.333 e. The van der Waals surface area contributed by atoms with Crippen LogP contribution in [0.25, 0.3) is 6.08 Å². The topological polar surface area (TPSA) is 63.6 Å². The highest BCUT2D eigenvalue weighted by Gasteiger charge is 2.09. The summed E-state index contributed by atoms with van der Waals surface area (Å²) in [6, 6.07) is 3.95. The average molecular weight is 327 g/mol. The highest BCUT2D eigenvalue weighted by Crippen LogP contribution is 2.19. The first kappa shape index (κ1) is 17.9. The quantitative estimate of drug-likeness (QED) is 0.469. The molecule has 1 rings (SSSR count). The lowest BCUT2D eigenvalue weighted by atomic mass is 10.1. The average Bonchev–Trinajstić information content (AvgIpc) is 2.45. The number of halogens is 2. The molecule has 4 nitrogen and oxygen atoms in total. The Bertz CT molecular complexity index is 623. The maximum atomic E-state index is 13.1. The van der Waals surface area contributed by atoms with Crippen molar-refractivity contribution in [2.24, 2.45) is 0 Å². The Morgan fingerprint density at radius 3 is 2.68 bits per heavy atom. The molecule has 118 valence electrons. The maximum absolute atomic E-state index is 13.1. The SMILES string of the molecule is C=C(C)C(=O)OCCCC(=Cc1ccc(F)c(Cl)c1)C(=O)O. The third-order valence-corrected chi connectivity index (χ3v) is 3.02. The van der Waals surface area contributed by atoms with E-state index in [2.05, 4.69) is 6.58 Å². The van der Waals surface area contributed by atoms with Gasteiger partial charge in [-0.15, -0.1) is 0 Å². The van der Waals surface area contributed by atoms with Crippen LogP contribution in [0.4, 0.5) is 4.39 Å². The van der Waals surface area contributed by atoms with Crippen LogP contribution in [0.15, 0.2) is 35.9 Å². The van der Waals surface area contributed by atoms with E-state index in [1.165, 1.54) is 31.2 Å². The van der Waals surface area contributed by atoms with Crippen LogP contribution >= 0.6 is 11.6 Å². The first-order chi connectivity index (χ1) is 10.3. The highest BCUT2D eigenvalue weighted by atomic mass is 35.5. The zero-order chi connectivity index (χ0) is 16.7. The summed E-state index contributed by atoms with van der Waals surface area (Å²) in [6.45, 7) is 5.07. The van der Waals surface area contributed by atoms with Gasteiger partial charge in [0.2, 0.25) is 0 Å². The van der Waals surface area contributed by atoms with E-state index in [9.17, 15) is 14.0 Å². The number of carbonyl (C=O) groups is 2. The van der Waals surface area contributed by atoms with Gasteiger partial charge in [0.25, 0.3) is 0 Å². The van der Waals surface area contributed by atoms with Crippen molar-refractivity contribution in [3.05, 3.63) is 52.3 Å². The Hall–Kier alpha value is -2.14. The number of hydrogen-bond acceptors (Lipinski definition) is 3. The number of carboxylic acids is 1. The molecule has 0 atom stereocenters. The molecule has 0 unspecified atom stereocenters. The van der Waals surface area contributed by atoms with Gasteiger partial charge in [0.1, 0.15) is 5.82 Å². The van der Waals surface area contributed by atoms with E-state index >= 15 is 0 Å². The van der Waals surface area contributed by atoms with E-state index in [1.54, 1.807) is 0 Å². The molecule has 22 heavy (non-hydrogen) atoms. The second-order valence-electron chi connectivity index (χ2n) is 4.67. The van der Waals surface area contributed by atoms with E-state index in [1.807, 2.05) is 0 Å². The van der Waals surface area contributed by atoms with Crippen LogP contribution in [0.5, 0.6) is 0 Å². The molecule has 0 bridgehead atoms. The molecule has 1 aromatic carbocycles. The van der Waals surface area contributed by atoms with Gasteiger partial charge in [0, 0.05) is 11.1 Å². The van der Waals surface area contributed by atoms with Gasteiger partial charge in [0.05, 0.1) is 11.6 Å². The molecular weight excluding hydrogens is 311 g/mol. The molecule has 0 aliphatic heterocycles. The minimum absolute atomic E-state index is 0.0751. The molecule has 0 saturated carbocycles. The van der Waals surface area contributed by atoms with Gasteiger partial charge >= 0.3 is 11.9 Å². The molecule has 0 spiro atoms. The number of benzene rings is 1. The number of aliphatic carboxylic acids is 1. The third kappa shape index (κ3) is 5.69. The Morgan fingerprint density at radius 1 is 1.45 bits per heavy atom. The fourth-order valence-corrected chi connectivity index (χ4v) is 1.78. The van der Waals surface area contributed by atoms with Gasteiger partial charge in [-0.1, -0.05) is 24.2 Å². The van der Waals surface area contributed by atoms with Crippen LogP contribution in [-0.2, 0) is 14.3 Å². The van der Waals surface area contributed by atoms with Crippen molar-refractivity contribution >= 4 is 29.6 Å². The Morgan fingerprint density at radius 2 is 2.14 bits per heavy atom. The number of hydrogen-bond donors (Lipinski definition) is 1. The van der Waals surface area contributed by atoms with Gasteiger partial charge in [-0.25, -0.2) is 14.0 Å². The van der Waals surface area contributed by atoms with Crippen LogP contribution in [0.1, 0.15) is 25.3 Å². The summed E-state index contributed by atoms with van der Waals surface area (Å²) in [5.74, 6) is -2.17. The van der Waals surface area contributed by atoms with Crippen molar-refractivity contribution in [2.45, 2.75) is 19.8 Å². The molecule has 0 fully saturated rings. The molecule has 0 saturated heterocycles. The van der Waals surface area contributed by atoms with Crippen molar-refractivity contribution in [1.29, 1.82) is 0 Å². The van der Waals surface area contributed by atoms with Crippen LogP contribution < -0.4 is 0 Å². The summed E-state index contributed by atoms with van der Waals surface area (Å²) in [5.41, 5.74) is 0.895. The fraction of sp³-hybridized carbons (Fsp3) is 0.250. The molecule has 0 aliphatic rings. The molecule has 0 amide bonds.